The minimum absolute atomic E-state index is 0.438. The number of aldehydes is 1. The van der Waals surface area contributed by atoms with E-state index in [-0.39, 0.29) is 0 Å². The highest BCUT2D eigenvalue weighted by atomic mass is 16.1. The van der Waals surface area contributed by atoms with Crippen molar-refractivity contribution in [2.75, 3.05) is 31.1 Å². The number of hydrogen-bond donors (Lipinski definition) is 0. The van der Waals surface area contributed by atoms with Crippen molar-refractivity contribution in [2.24, 2.45) is 0 Å². The number of anilines is 1. The van der Waals surface area contributed by atoms with Crippen LogP contribution in [0.4, 0.5) is 5.69 Å². The van der Waals surface area contributed by atoms with E-state index in [1.807, 2.05) is 12.1 Å². The molecular weight excluding hydrogens is 332 g/mol. The van der Waals surface area contributed by atoms with Crippen molar-refractivity contribution < 1.29 is 4.79 Å². The molecule has 0 unspecified atom stereocenters. The Morgan fingerprint density at radius 3 is 1.85 bits per heavy atom. The van der Waals surface area contributed by atoms with E-state index in [1.54, 1.807) is 0 Å². The number of nitrogens with zero attached hydrogens (tertiary/aromatic N) is 2. The summed E-state index contributed by atoms with van der Waals surface area (Å²) in [6.45, 7) is 15.2. The topological polar surface area (TPSA) is 23.6 Å². The summed E-state index contributed by atoms with van der Waals surface area (Å²) < 4.78 is 0. The quantitative estimate of drug-likeness (QED) is 0.688. The normalized spacial score (nSPS) is 16.6. The van der Waals surface area contributed by atoms with Crippen molar-refractivity contribution in [1.29, 1.82) is 0 Å². The van der Waals surface area contributed by atoms with Gasteiger partial charge in [0.15, 0.2) is 0 Å². The van der Waals surface area contributed by atoms with Crippen molar-refractivity contribution >= 4 is 12.0 Å². The molecule has 1 atom stereocenters. The Kier molecular flexibility index (Phi) is 6.01. The maximum Gasteiger partial charge on any atom is 0.150 e. The first kappa shape index (κ1) is 19.6. The Balaban J connectivity index is 1.67. The second-order valence-electron chi connectivity index (χ2n) is 8.14. The molecule has 0 amide bonds. The zero-order chi connectivity index (χ0) is 19.6. The second-order valence-corrected chi connectivity index (χ2v) is 8.14. The van der Waals surface area contributed by atoms with Crippen LogP contribution in [0.2, 0.25) is 0 Å². The van der Waals surface area contributed by atoms with Crippen LogP contribution < -0.4 is 4.90 Å². The maximum atomic E-state index is 11.1. The van der Waals surface area contributed by atoms with Crippen molar-refractivity contribution in [3.8, 4) is 0 Å². The van der Waals surface area contributed by atoms with E-state index in [2.05, 4.69) is 68.7 Å². The van der Waals surface area contributed by atoms with Crippen LogP contribution in [0.3, 0.4) is 0 Å². The molecule has 27 heavy (non-hydrogen) atoms. The third kappa shape index (κ3) is 4.24. The first-order chi connectivity index (χ1) is 12.9. The van der Waals surface area contributed by atoms with Crippen LogP contribution in [0, 0.1) is 13.8 Å². The molecule has 1 heterocycles. The highest BCUT2D eigenvalue weighted by Crippen LogP contribution is 2.29. The standard InChI is InChI=1S/C24H32N2O/c1-17(2)22-6-8-23(9-7-22)20(5)25-10-12-26(13-11-25)24-18(3)14-21(16-27)15-19(24)4/h6-9,14-17,20H,10-13H2,1-5H3/t20-/m0/s1. The minimum Gasteiger partial charge on any atom is -0.369 e. The maximum absolute atomic E-state index is 11.1. The highest BCUT2D eigenvalue weighted by molar-refractivity contribution is 5.78. The smallest absolute Gasteiger partial charge is 0.150 e. The summed E-state index contributed by atoms with van der Waals surface area (Å²) in [7, 11) is 0. The van der Waals surface area contributed by atoms with Gasteiger partial charge in [-0.15, -0.1) is 0 Å². The zero-order valence-electron chi connectivity index (χ0n) is 17.3. The van der Waals surface area contributed by atoms with E-state index in [1.165, 1.54) is 27.9 Å². The van der Waals surface area contributed by atoms with Crippen LogP contribution in [0.1, 0.15) is 65.3 Å². The number of rotatable bonds is 5. The molecule has 3 rings (SSSR count). The first-order valence-electron chi connectivity index (χ1n) is 10.1. The van der Waals surface area contributed by atoms with Crippen LogP contribution in [0.5, 0.6) is 0 Å². The number of carbonyl (C=O) groups excluding carboxylic acids is 1. The summed E-state index contributed by atoms with van der Waals surface area (Å²) in [4.78, 5) is 16.1. The van der Waals surface area contributed by atoms with Crippen molar-refractivity contribution in [3.63, 3.8) is 0 Å². The third-order valence-corrected chi connectivity index (χ3v) is 5.91. The average molecular weight is 365 g/mol. The number of aryl methyl sites for hydroxylation is 2. The van der Waals surface area contributed by atoms with E-state index >= 15 is 0 Å². The van der Waals surface area contributed by atoms with Gasteiger partial charge in [-0.3, -0.25) is 9.69 Å². The van der Waals surface area contributed by atoms with Crippen molar-refractivity contribution in [3.05, 3.63) is 64.2 Å². The fourth-order valence-electron chi connectivity index (χ4n) is 4.26. The fraction of sp³-hybridized carbons (Fsp3) is 0.458. The van der Waals surface area contributed by atoms with Gasteiger partial charge in [-0.25, -0.2) is 0 Å². The van der Waals surface area contributed by atoms with E-state index in [4.69, 9.17) is 0 Å². The number of carbonyl (C=O) groups is 1. The molecule has 2 aromatic carbocycles. The predicted molar refractivity (Wildman–Crippen MR) is 114 cm³/mol. The van der Waals surface area contributed by atoms with Crippen molar-refractivity contribution in [2.45, 2.75) is 46.6 Å². The van der Waals surface area contributed by atoms with Crippen molar-refractivity contribution in [1.82, 2.24) is 4.90 Å². The Bertz CT molecular complexity index is 764. The molecule has 3 heteroatoms. The van der Waals surface area contributed by atoms with Gasteiger partial charge in [0.05, 0.1) is 0 Å². The van der Waals surface area contributed by atoms with Gasteiger partial charge in [-0.2, -0.15) is 0 Å². The van der Waals surface area contributed by atoms with E-state index in [0.717, 1.165) is 38.0 Å². The molecular formula is C24H32N2O. The Morgan fingerprint density at radius 2 is 1.37 bits per heavy atom. The monoisotopic (exact) mass is 364 g/mol. The lowest BCUT2D eigenvalue weighted by molar-refractivity contribution is 0.112. The summed E-state index contributed by atoms with van der Waals surface area (Å²) in [6, 6.07) is 13.6. The summed E-state index contributed by atoms with van der Waals surface area (Å²) in [5, 5.41) is 0. The number of benzene rings is 2. The Labute approximate surface area is 164 Å². The summed E-state index contributed by atoms with van der Waals surface area (Å²) in [5.41, 5.74) is 7.27. The predicted octanol–water partition coefficient (Wildman–Crippen LogP) is 5.12. The summed E-state index contributed by atoms with van der Waals surface area (Å²) >= 11 is 0. The van der Waals surface area contributed by atoms with Gasteiger partial charge in [0.2, 0.25) is 0 Å². The molecule has 0 bridgehead atoms. The van der Waals surface area contributed by atoms with E-state index in [0.29, 0.717) is 12.0 Å². The molecule has 0 radical (unpaired) electrons. The van der Waals surface area contributed by atoms with Gasteiger partial charge in [-0.05, 0) is 61.1 Å². The average Bonchev–Trinajstić information content (AvgIpc) is 2.67. The second kappa shape index (κ2) is 8.26. The third-order valence-electron chi connectivity index (χ3n) is 5.91. The van der Waals surface area contributed by atoms with E-state index < -0.39 is 0 Å². The molecule has 0 aromatic heterocycles. The van der Waals surface area contributed by atoms with Crippen LogP contribution in [0.25, 0.3) is 0 Å². The van der Waals surface area contributed by atoms with Crippen LogP contribution in [0.15, 0.2) is 36.4 Å². The fourth-order valence-corrected chi connectivity index (χ4v) is 4.26. The molecule has 2 aromatic rings. The van der Waals surface area contributed by atoms with Crippen LogP contribution >= 0.6 is 0 Å². The largest absolute Gasteiger partial charge is 0.369 e. The Hall–Kier alpha value is -2.13. The highest BCUT2D eigenvalue weighted by Gasteiger charge is 2.24. The number of piperazine rings is 1. The van der Waals surface area contributed by atoms with Gasteiger partial charge in [-0.1, -0.05) is 38.1 Å². The molecule has 0 saturated carbocycles. The molecule has 1 aliphatic heterocycles. The molecule has 0 spiro atoms. The SMILES string of the molecule is Cc1cc(C=O)cc(C)c1N1CCN([C@@H](C)c2ccc(C(C)C)cc2)CC1. The molecule has 1 fully saturated rings. The first-order valence-corrected chi connectivity index (χ1v) is 10.1. The van der Waals surface area contributed by atoms with Crippen LogP contribution in [-0.2, 0) is 0 Å². The summed E-state index contributed by atoms with van der Waals surface area (Å²) in [6.07, 6.45) is 0.938. The zero-order valence-corrected chi connectivity index (χ0v) is 17.3. The Morgan fingerprint density at radius 1 is 0.852 bits per heavy atom. The summed E-state index contributed by atoms with van der Waals surface area (Å²) in [5.74, 6) is 0.579. The van der Waals surface area contributed by atoms with Gasteiger partial charge < -0.3 is 4.90 Å². The molecule has 144 valence electrons. The van der Waals surface area contributed by atoms with Crippen LogP contribution in [-0.4, -0.2) is 37.4 Å². The molecule has 3 nitrogen and oxygen atoms in total. The number of hydrogen-bond acceptors (Lipinski definition) is 3. The molecule has 0 N–H and O–H groups in total. The minimum atomic E-state index is 0.438. The van der Waals surface area contributed by atoms with Gasteiger partial charge in [0.25, 0.3) is 0 Å². The molecule has 0 aliphatic carbocycles. The lowest BCUT2D eigenvalue weighted by atomic mass is 9.98. The van der Waals surface area contributed by atoms with Gasteiger partial charge in [0.1, 0.15) is 6.29 Å². The van der Waals surface area contributed by atoms with E-state index in [9.17, 15) is 4.79 Å². The van der Waals surface area contributed by atoms with Gasteiger partial charge >= 0.3 is 0 Å². The molecule has 1 saturated heterocycles. The lowest BCUT2D eigenvalue weighted by Crippen LogP contribution is -2.47. The van der Waals surface area contributed by atoms with Gasteiger partial charge in [0, 0.05) is 43.5 Å². The lowest BCUT2D eigenvalue weighted by Gasteiger charge is -2.40. The molecule has 1 aliphatic rings.